The fourth-order valence-electron chi connectivity index (χ4n) is 4.11. The number of hydrogen-bond acceptors (Lipinski definition) is 2. The maximum atomic E-state index is 9.99. The van der Waals surface area contributed by atoms with Crippen LogP contribution in [0.25, 0.3) is 5.57 Å². The molecule has 0 bridgehead atoms. The van der Waals surface area contributed by atoms with E-state index >= 15 is 0 Å². The van der Waals surface area contributed by atoms with Crippen molar-refractivity contribution in [3.63, 3.8) is 0 Å². The summed E-state index contributed by atoms with van der Waals surface area (Å²) in [6, 6.07) is 8.57. The first-order valence-corrected chi connectivity index (χ1v) is 11.1. The molecule has 1 aliphatic carbocycles. The smallest absolute Gasteiger partial charge is 0.137 e. The number of nitrogens with zero attached hydrogens (tertiary/aromatic N) is 2. The van der Waals surface area contributed by atoms with Gasteiger partial charge in [-0.05, 0) is 67.9 Å². The third-order valence-electron chi connectivity index (χ3n) is 5.95. The number of aromatic nitrogens is 2. The summed E-state index contributed by atoms with van der Waals surface area (Å²) in [7, 11) is 0. The van der Waals surface area contributed by atoms with Gasteiger partial charge in [0, 0.05) is 23.9 Å². The molecule has 3 unspecified atom stereocenters. The second kappa shape index (κ2) is 9.96. The predicted octanol–water partition coefficient (Wildman–Crippen LogP) is 6.33. The first-order valence-electron chi connectivity index (χ1n) is 11.1. The van der Waals surface area contributed by atoms with E-state index in [-0.39, 0.29) is 6.04 Å². The number of allylic oxidation sites excluding steroid dienone is 3. The van der Waals surface area contributed by atoms with Crippen LogP contribution in [0.1, 0.15) is 82.5 Å². The van der Waals surface area contributed by atoms with Crippen LogP contribution >= 0.6 is 0 Å². The second-order valence-corrected chi connectivity index (χ2v) is 8.43. The molecule has 158 valence electrons. The van der Waals surface area contributed by atoms with E-state index in [0.29, 0.717) is 11.7 Å². The summed E-state index contributed by atoms with van der Waals surface area (Å²) < 4.78 is 2.03. The minimum Gasteiger partial charge on any atom is -0.385 e. The van der Waals surface area contributed by atoms with Crippen molar-refractivity contribution in [3.8, 4) is 11.8 Å². The SMILES string of the molecule is C=C(/C=C(\C)c1ccc(C#CC2CC2CCC)cc1)C(CC)n1ccnc1[C@H](C)O. The van der Waals surface area contributed by atoms with Crippen LogP contribution in [0.15, 0.2) is 54.9 Å². The zero-order chi connectivity index (χ0) is 21.7. The molecule has 3 nitrogen and oxygen atoms in total. The lowest BCUT2D eigenvalue weighted by Gasteiger charge is -2.21. The number of aliphatic hydroxyl groups excluding tert-OH is 1. The maximum Gasteiger partial charge on any atom is 0.137 e. The Hall–Kier alpha value is -2.57. The van der Waals surface area contributed by atoms with E-state index in [1.165, 1.54) is 30.4 Å². The van der Waals surface area contributed by atoms with E-state index in [1.807, 2.05) is 10.8 Å². The van der Waals surface area contributed by atoms with Gasteiger partial charge in [0.15, 0.2) is 0 Å². The summed E-state index contributed by atoms with van der Waals surface area (Å²) in [6.45, 7) is 12.5. The van der Waals surface area contributed by atoms with Crippen LogP contribution in [-0.4, -0.2) is 14.7 Å². The Kier molecular flexibility index (Phi) is 7.34. The Morgan fingerprint density at radius 3 is 2.70 bits per heavy atom. The Labute approximate surface area is 181 Å². The molecular formula is C27H34N2O. The van der Waals surface area contributed by atoms with Crippen molar-refractivity contribution in [2.75, 3.05) is 0 Å². The van der Waals surface area contributed by atoms with E-state index in [2.05, 4.69) is 74.5 Å². The van der Waals surface area contributed by atoms with Gasteiger partial charge in [-0.15, -0.1) is 0 Å². The lowest BCUT2D eigenvalue weighted by molar-refractivity contribution is 0.182. The molecule has 1 heterocycles. The van der Waals surface area contributed by atoms with Crippen LogP contribution in [0.2, 0.25) is 0 Å². The highest BCUT2D eigenvalue weighted by atomic mass is 16.3. The molecule has 1 aliphatic rings. The van der Waals surface area contributed by atoms with Crippen LogP contribution in [0, 0.1) is 23.7 Å². The standard InChI is InChI=1S/C27H34N2O/c1-6-8-24-18-25(24)14-11-22-9-12-23(13-10-22)19(3)17-20(4)26(7-2)29-16-15-28-27(29)21(5)30/h9-10,12-13,15-17,21,24-26,30H,4,6-8,18H2,1-3,5H3/b19-17+/t21-,24?,25?,26?/m0/s1. The zero-order valence-electron chi connectivity index (χ0n) is 18.7. The zero-order valence-corrected chi connectivity index (χ0v) is 18.7. The van der Waals surface area contributed by atoms with Crippen molar-refractivity contribution >= 4 is 5.57 Å². The third-order valence-corrected chi connectivity index (χ3v) is 5.95. The molecule has 1 fully saturated rings. The second-order valence-electron chi connectivity index (χ2n) is 8.43. The van der Waals surface area contributed by atoms with Crippen LogP contribution in [0.5, 0.6) is 0 Å². The minimum atomic E-state index is -0.603. The van der Waals surface area contributed by atoms with Gasteiger partial charge in [0.1, 0.15) is 11.9 Å². The largest absolute Gasteiger partial charge is 0.385 e. The third kappa shape index (κ3) is 5.32. The molecule has 1 saturated carbocycles. The molecule has 0 amide bonds. The van der Waals surface area contributed by atoms with Crippen LogP contribution in [-0.2, 0) is 0 Å². The van der Waals surface area contributed by atoms with Crippen LogP contribution in [0.4, 0.5) is 0 Å². The molecule has 1 aromatic heterocycles. The van der Waals surface area contributed by atoms with Gasteiger partial charge >= 0.3 is 0 Å². The Morgan fingerprint density at radius 1 is 1.33 bits per heavy atom. The summed E-state index contributed by atoms with van der Waals surface area (Å²) >= 11 is 0. The fraction of sp³-hybridized carbons (Fsp3) is 0.444. The van der Waals surface area contributed by atoms with Crippen molar-refractivity contribution in [1.82, 2.24) is 9.55 Å². The van der Waals surface area contributed by atoms with Crippen molar-refractivity contribution in [1.29, 1.82) is 0 Å². The first-order chi connectivity index (χ1) is 14.4. The van der Waals surface area contributed by atoms with E-state index in [9.17, 15) is 5.11 Å². The van der Waals surface area contributed by atoms with Crippen molar-refractivity contribution in [2.24, 2.45) is 11.8 Å². The molecule has 0 saturated heterocycles. The lowest BCUT2D eigenvalue weighted by Crippen LogP contribution is -2.14. The van der Waals surface area contributed by atoms with Gasteiger partial charge < -0.3 is 9.67 Å². The van der Waals surface area contributed by atoms with Gasteiger partial charge in [0.05, 0.1) is 6.04 Å². The maximum absolute atomic E-state index is 9.99. The topological polar surface area (TPSA) is 38.0 Å². The number of aliphatic hydroxyl groups is 1. The van der Waals surface area contributed by atoms with Gasteiger partial charge in [-0.3, -0.25) is 0 Å². The number of imidazole rings is 1. The molecule has 3 heteroatoms. The Balaban J connectivity index is 1.69. The normalized spacial score (nSPS) is 20.2. The van der Waals surface area contributed by atoms with Gasteiger partial charge in [0.2, 0.25) is 0 Å². The van der Waals surface area contributed by atoms with Gasteiger partial charge in [-0.1, -0.05) is 56.9 Å². The molecule has 2 aromatic rings. The van der Waals surface area contributed by atoms with Crippen molar-refractivity contribution < 1.29 is 5.11 Å². The van der Waals surface area contributed by atoms with E-state index < -0.39 is 6.10 Å². The van der Waals surface area contributed by atoms with Gasteiger partial charge in [-0.25, -0.2) is 4.98 Å². The molecule has 3 rings (SSSR count). The van der Waals surface area contributed by atoms with Crippen molar-refractivity contribution in [3.05, 3.63) is 71.8 Å². The summed E-state index contributed by atoms with van der Waals surface area (Å²) in [5.41, 5.74) is 4.43. The average molecular weight is 403 g/mol. The highest BCUT2D eigenvalue weighted by molar-refractivity contribution is 5.67. The van der Waals surface area contributed by atoms with Crippen molar-refractivity contribution in [2.45, 2.75) is 65.5 Å². The minimum absolute atomic E-state index is 0.0757. The molecule has 1 N–H and O–H groups in total. The molecule has 1 aromatic carbocycles. The van der Waals surface area contributed by atoms with E-state index in [1.54, 1.807) is 13.1 Å². The van der Waals surface area contributed by atoms with Crippen LogP contribution < -0.4 is 0 Å². The van der Waals surface area contributed by atoms with Gasteiger partial charge in [-0.2, -0.15) is 0 Å². The number of benzene rings is 1. The average Bonchev–Trinajstić information content (AvgIpc) is 3.28. The Morgan fingerprint density at radius 2 is 2.07 bits per heavy atom. The summed E-state index contributed by atoms with van der Waals surface area (Å²) in [5, 5.41) is 9.99. The molecule has 4 atom stereocenters. The molecule has 0 radical (unpaired) electrons. The van der Waals surface area contributed by atoms with E-state index in [0.717, 1.165) is 23.5 Å². The lowest BCUT2D eigenvalue weighted by atomic mass is 9.99. The number of hydrogen-bond donors (Lipinski definition) is 1. The molecule has 0 aliphatic heterocycles. The van der Waals surface area contributed by atoms with E-state index in [4.69, 9.17) is 0 Å². The monoisotopic (exact) mass is 402 g/mol. The summed E-state index contributed by atoms with van der Waals surface area (Å²) in [6.07, 6.45) is 9.91. The Bertz CT molecular complexity index is 953. The highest BCUT2D eigenvalue weighted by Gasteiger charge is 2.34. The quantitative estimate of drug-likeness (QED) is 0.413. The fourth-order valence-corrected chi connectivity index (χ4v) is 4.11. The predicted molar refractivity (Wildman–Crippen MR) is 125 cm³/mol. The number of rotatable bonds is 8. The molecule has 0 spiro atoms. The van der Waals surface area contributed by atoms with Gasteiger partial charge in [0.25, 0.3) is 0 Å². The molecular weight excluding hydrogens is 368 g/mol. The first kappa shape index (κ1) is 22.1. The van der Waals surface area contributed by atoms with Crippen LogP contribution in [0.3, 0.4) is 0 Å². The highest BCUT2D eigenvalue weighted by Crippen LogP contribution is 2.41. The molecule has 30 heavy (non-hydrogen) atoms. The summed E-state index contributed by atoms with van der Waals surface area (Å²) in [4.78, 5) is 4.30. The summed E-state index contributed by atoms with van der Waals surface area (Å²) in [5.74, 6) is 8.89.